The van der Waals surface area contributed by atoms with E-state index in [1.165, 1.54) is 28.9 Å². The molecule has 9 nitrogen and oxygen atoms in total. The van der Waals surface area contributed by atoms with Crippen LogP contribution in [0.15, 0.2) is 24.3 Å². The molecular weight excluding hydrogens is 362 g/mol. The lowest BCUT2D eigenvalue weighted by molar-refractivity contribution is -0.131. The van der Waals surface area contributed by atoms with Crippen molar-refractivity contribution in [1.29, 1.82) is 0 Å². The number of amides is 3. The molecule has 2 heterocycles. The fourth-order valence-corrected chi connectivity index (χ4v) is 2.87. The van der Waals surface area contributed by atoms with Crippen LogP contribution < -0.4 is 10.1 Å². The third kappa shape index (κ3) is 3.57. The first-order chi connectivity index (χ1) is 12.8. The van der Waals surface area contributed by atoms with Crippen LogP contribution in [-0.2, 0) is 23.4 Å². The molecule has 1 aliphatic rings. The van der Waals surface area contributed by atoms with Crippen molar-refractivity contribution in [2.75, 3.05) is 0 Å². The van der Waals surface area contributed by atoms with E-state index in [1.54, 1.807) is 6.92 Å². The minimum absolute atomic E-state index is 0.0373. The number of hydrogen-bond acceptors (Lipinski definition) is 6. The molecule has 0 radical (unpaired) electrons. The summed E-state index contributed by atoms with van der Waals surface area (Å²) >= 11 is 0. The quantitative estimate of drug-likeness (QED) is 0.733. The zero-order valence-electron chi connectivity index (χ0n) is 14.7. The number of imide groups is 1. The summed E-state index contributed by atoms with van der Waals surface area (Å²) in [6, 6.07) is 4.97. The van der Waals surface area contributed by atoms with Crippen LogP contribution in [0.4, 0.5) is 13.6 Å². The average molecular weight is 380 g/mol. The van der Waals surface area contributed by atoms with Crippen LogP contribution in [0.25, 0.3) is 0 Å². The number of halogens is 2. The molecule has 0 aliphatic carbocycles. The number of nitrogens with one attached hydrogen (secondary N) is 1. The smallest absolute Gasteiger partial charge is 0.387 e. The van der Waals surface area contributed by atoms with Crippen LogP contribution in [0.5, 0.6) is 5.75 Å². The molecule has 1 atom stereocenters. The number of ether oxygens (including phenoxy) is 1. The lowest BCUT2D eigenvalue weighted by Crippen LogP contribution is -2.40. The van der Waals surface area contributed by atoms with Gasteiger partial charge >= 0.3 is 12.6 Å². The summed E-state index contributed by atoms with van der Waals surface area (Å²) in [5, 5.41) is 13.9. The highest BCUT2D eigenvalue weighted by Crippen LogP contribution is 2.31. The van der Waals surface area contributed by atoms with Gasteiger partial charge in [-0.3, -0.25) is 9.69 Å². The van der Waals surface area contributed by atoms with E-state index < -0.39 is 24.1 Å². The van der Waals surface area contributed by atoms with Gasteiger partial charge in [-0.05, 0) is 41.5 Å². The molecule has 0 unspecified atom stereocenters. The maximum absolute atomic E-state index is 12.9. The molecule has 1 aliphatic heterocycles. The summed E-state index contributed by atoms with van der Waals surface area (Å²) in [5.41, 5.74) is -0.887. The van der Waals surface area contributed by atoms with Gasteiger partial charge in [0.25, 0.3) is 5.91 Å². The fraction of sp³-hybridized carbons (Fsp3) is 0.438. The van der Waals surface area contributed by atoms with Crippen molar-refractivity contribution in [2.24, 2.45) is 0 Å². The molecule has 11 heteroatoms. The lowest BCUT2D eigenvalue weighted by Gasteiger charge is -2.22. The predicted molar refractivity (Wildman–Crippen MR) is 87.6 cm³/mol. The predicted octanol–water partition coefficient (Wildman–Crippen LogP) is 1.65. The highest BCUT2D eigenvalue weighted by Gasteiger charge is 2.49. The van der Waals surface area contributed by atoms with Gasteiger partial charge in [0.2, 0.25) is 0 Å². The van der Waals surface area contributed by atoms with E-state index in [2.05, 4.69) is 25.6 Å². The van der Waals surface area contributed by atoms with Crippen molar-refractivity contribution in [3.8, 4) is 5.75 Å². The van der Waals surface area contributed by atoms with Crippen molar-refractivity contribution in [1.82, 2.24) is 30.4 Å². The largest absolute Gasteiger partial charge is 0.435 e. The molecule has 0 saturated carbocycles. The summed E-state index contributed by atoms with van der Waals surface area (Å²) in [4.78, 5) is 26.3. The highest BCUT2D eigenvalue weighted by molar-refractivity contribution is 6.07. The van der Waals surface area contributed by atoms with E-state index in [1.807, 2.05) is 6.92 Å². The second-order valence-electron chi connectivity index (χ2n) is 6.17. The van der Waals surface area contributed by atoms with E-state index in [4.69, 9.17) is 0 Å². The zero-order chi connectivity index (χ0) is 19.6. The molecule has 0 spiro atoms. The van der Waals surface area contributed by atoms with Crippen molar-refractivity contribution in [2.45, 2.75) is 45.5 Å². The number of tetrazole rings is 1. The molecule has 144 valence electrons. The van der Waals surface area contributed by atoms with Gasteiger partial charge in [0.05, 0.1) is 6.54 Å². The van der Waals surface area contributed by atoms with Gasteiger partial charge in [-0.25, -0.2) is 9.48 Å². The van der Waals surface area contributed by atoms with Crippen molar-refractivity contribution in [3.63, 3.8) is 0 Å². The molecule has 1 saturated heterocycles. The monoisotopic (exact) mass is 380 g/mol. The van der Waals surface area contributed by atoms with E-state index in [0.717, 1.165) is 11.3 Å². The Kier molecular flexibility index (Phi) is 5.02. The molecular formula is C16H18F2N6O3. The molecule has 27 heavy (non-hydrogen) atoms. The third-order valence-corrected chi connectivity index (χ3v) is 4.27. The van der Waals surface area contributed by atoms with E-state index in [0.29, 0.717) is 17.9 Å². The normalized spacial score (nSPS) is 19.7. The number of aryl methyl sites for hydroxylation is 1. The highest BCUT2D eigenvalue weighted by atomic mass is 19.3. The molecule has 1 aromatic carbocycles. The van der Waals surface area contributed by atoms with Crippen LogP contribution in [-0.4, -0.2) is 43.7 Å². The number of nitrogens with zero attached hydrogens (tertiary/aromatic N) is 5. The number of alkyl halides is 2. The average Bonchev–Trinajstić information content (AvgIpc) is 3.14. The molecule has 1 aromatic heterocycles. The summed E-state index contributed by atoms with van der Waals surface area (Å²) in [6.45, 7) is 1.06. The standard InChI is InChI=1S/C16H18F2N6O3/c1-3-8-24-12(20-21-22-24)9-23-13(25)16(2,19-15(23)26)10-4-6-11(7-5-10)27-14(17)18/h4-7,14H,3,8-9H2,1-2H3,(H,19,26)/t16-/m1/s1. The minimum atomic E-state index is -2.94. The SMILES string of the molecule is CCCn1nnnc1CN1C(=O)N[C@](C)(c2ccc(OC(F)F)cc2)C1=O. The third-order valence-electron chi connectivity index (χ3n) is 4.27. The maximum atomic E-state index is 12.9. The van der Waals surface area contributed by atoms with Gasteiger partial charge in [-0.15, -0.1) is 5.10 Å². The Balaban J connectivity index is 1.80. The molecule has 1 N–H and O–H groups in total. The second kappa shape index (κ2) is 7.25. The van der Waals surface area contributed by atoms with Crippen molar-refractivity contribution in [3.05, 3.63) is 35.7 Å². The lowest BCUT2D eigenvalue weighted by atomic mass is 9.92. The Labute approximate surface area is 153 Å². The topological polar surface area (TPSA) is 102 Å². The van der Waals surface area contributed by atoms with Crippen molar-refractivity contribution >= 4 is 11.9 Å². The number of hydrogen-bond donors (Lipinski definition) is 1. The van der Waals surface area contributed by atoms with Gasteiger partial charge in [-0.2, -0.15) is 8.78 Å². The zero-order valence-corrected chi connectivity index (χ0v) is 14.7. The number of urea groups is 1. The maximum Gasteiger partial charge on any atom is 0.387 e. The molecule has 0 bridgehead atoms. The van der Waals surface area contributed by atoms with E-state index in [-0.39, 0.29) is 12.3 Å². The Morgan fingerprint density at radius 3 is 2.59 bits per heavy atom. The summed E-state index contributed by atoms with van der Waals surface area (Å²) in [7, 11) is 0. The van der Waals surface area contributed by atoms with E-state index in [9.17, 15) is 18.4 Å². The first-order valence-electron chi connectivity index (χ1n) is 8.29. The number of benzene rings is 1. The Morgan fingerprint density at radius 2 is 1.96 bits per heavy atom. The Bertz CT molecular complexity index is 841. The Hall–Kier alpha value is -3.11. The van der Waals surface area contributed by atoms with Gasteiger partial charge < -0.3 is 10.1 Å². The molecule has 1 fully saturated rings. The number of carbonyl (C=O) groups is 2. The first kappa shape index (κ1) is 18.7. The van der Waals surface area contributed by atoms with Gasteiger partial charge in [-0.1, -0.05) is 19.1 Å². The van der Waals surface area contributed by atoms with Gasteiger partial charge in [0.1, 0.15) is 11.3 Å². The van der Waals surface area contributed by atoms with Crippen molar-refractivity contribution < 1.29 is 23.1 Å². The van der Waals surface area contributed by atoms with E-state index >= 15 is 0 Å². The van der Waals surface area contributed by atoms with Gasteiger partial charge in [0, 0.05) is 6.54 Å². The molecule has 2 aromatic rings. The van der Waals surface area contributed by atoms with Crippen LogP contribution in [0.2, 0.25) is 0 Å². The Morgan fingerprint density at radius 1 is 1.26 bits per heavy atom. The summed E-state index contributed by atoms with van der Waals surface area (Å²) in [5.74, 6) is -0.129. The van der Waals surface area contributed by atoms with Gasteiger partial charge in [0.15, 0.2) is 5.82 Å². The second-order valence-corrected chi connectivity index (χ2v) is 6.17. The molecule has 3 amide bonds. The van der Waals surface area contributed by atoms with Crippen LogP contribution >= 0.6 is 0 Å². The number of rotatable bonds is 7. The fourth-order valence-electron chi connectivity index (χ4n) is 2.87. The summed E-state index contributed by atoms with van der Waals surface area (Å²) in [6.07, 6.45) is 0.795. The number of carbonyl (C=O) groups excluding carboxylic acids is 2. The molecule has 3 rings (SSSR count). The van der Waals surface area contributed by atoms with Crippen LogP contribution in [0, 0.1) is 0 Å². The van der Waals surface area contributed by atoms with Crippen LogP contribution in [0.1, 0.15) is 31.7 Å². The minimum Gasteiger partial charge on any atom is -0.435 e. The first-order valence-corrected chi connectivity index (χ1v) is 8.29. The summed E-state index contributed by atoms with van der Waals surface area (Å²) < 4.78 is 30.4. The van der Waals surface area contributed by atoms with Crippen LogP contribution in [0.3, 0.4) is 0 Å². The number of aromatic nitrogens is 4.